The summed E-state index contributed by atoms with van der Waals surface area (Å²) < 4.78 is 4.83. The van der Waals surface area contributed by atoms with Gasteiger partial charge in [0.25, 0.3) is 0 Å². The number of hydrogen-bond donors (Lipinski definition) is 2. The molecule has 1 unspecified atom stereocenters. The molecular weight excluding hydrogens is 270 g/mol. The standard InChI is InChI=1S/C15H19N3O3/c1-4-9(3)16-10-6-7-12-11(8-10)14(19)13(18-17-12)15(20)21-5-2/h6-9,16H,4-5H2,1-3H3,(H,17,19). The van der Waals surface area contributed by atoms with E-state index in [4.69, 9.17) is 4.74 Å². The van der Waals surface area contributed by atoms with E-state index in [0.29, 0.717) is 16.9 Å². The van der Waals surface area contributed by atoms with Gasteiger partial charge in [0.1, 0.15) is 0 Å². The highest BCUT2D eigenvalue weighted by Crippen LogP contribution is 2.16. The summed E-state index contributed by atoms with van der Waals surface area (Å²) in [5.74, 6) is -0.707. The number of aromatic nitrogens is 2. The van der Waals surface area contributed by atoms with Crippen molar-refractivity contribution in [3.63, 3.8) is 0 Å². The second kappa shape index (κ2) is 6.39. The van der Waals surface area contributed by atoms with E-state index in [-0.39, 0.29) is 12.3 Å². The van der Waals surface area contributed by atoms with Gasteiger partial charge in [0.2, 0.25) is 11.1 Å². The van der Waals surface area contributed by atoms with Crippen molar-refractivity contribution < 1.29 is 9.53 Å². The summed E-state index contributed by atoms with van der Waals surface area (Å²) >= 11 is 0. The van der Waals surface area contributed by atoms with Crippen LogP contribution in [0.15, 0.2) is 23.0 Å². The smallest absolute Gasteiger partial charge is 0.362 e. The van der Waals surface area contributed by atoms with Gasteiger partial charge in [-0.15, -0.1) is 0 Å². The van der Waals surface area contributed by atoms with E-state index < -0.39 is 11.4 Å². The molecule has 0 fully saturated rings. The maximum Gasteiger partial charge on any atom is 0.362 e. The minimum atomic E-state index is -0.707. The van der Waals surface area contributed by atoms with Crippen molar-refractivity contribution in [1.29, 1.82) is 0 Å². The van der Waals surface area contributed by atoms with Crippen molar-refractivity contribution in [2.75, 3.05) is 11.9 Å². The number of hydrogen-bond acceptors (Lipinski definition) is 5. The molecule has 1 aromatic heterocycles. The van der Waals surface area contributed by atoms with Crippen LogP contribution in [0, 0.1) is 0 Å². The number of fused-ring (bicyclic) bond motifs is 1. The predicted molar refractivity (Wildman–Crippen MR) is 81.7 cm³/mol. The fourth-order valence-corrected chi connectivity index (χ4v) is 1.94. The van der Waals surface area contributed by atoms with Crippen molar-refractivity contribution >= 4 is 22.6 Å². The molecule has 21 heavy (non-hydrogen) atoms. The molecule has 2 aromatic rings. The third-order valence-corrected chi connectivity index (χ3v) is 3.26. The number of benzene rings is 1. The van der Waals surface area contributed by atoms with E-state index in [2.05, 4.69) is 29.4 Å². The Hall–Kier alpha value is -2.37. The number of nitrogens with zero attached hydrogens (tertiary/aromatic N) is 1. The predicted octanol–water partition coefficient (Wildman–Crippen LogP) is 2.31. The number of ether oxygens (including phenoxy) is 1. The van der Waals surface area contributed by atoms with Gasteiger partial charge in [-0.2, -0.15) is 5.10 Å². The highest BCUT2D eigenvalue weighted by molar-refractivity contribution is 5.92. The van der Waals surface area contributed by atoms with Crippen LogP contribution in [0.3, 0.4) is 0 Å². The number of anilines is 1. The van der Waals surface area contributed by atoms with Gasteiger partial charge in [0.05, 0.1) is 17.5 Å². The molecule has 0 spiro atoms. The molecule has 2 rings (SSSR count). The molecule has 0 saturated heterocycles. The van der Waals surface area contributed by atoms with Crippen LogP contribution in [0.1, 0.15) is 37.7 Å². The normalized spacial score (nSPS) is 12.1. The van der Waals surface area contributed by atoms with Crippen molar-refractivity contribution in [1.82, 2.24) is 10.2 Å². The number of rotatable bonds is 5. The van der Waals surface area contributed by atoms with Gasteiger partial charge in [0.15, 0.2) is 0 Å². The number of nitrogens with one attached hydrogen (secondary N) is 2. The highest BCUT2D eigenvalue weighted by Gasteiger charge is 2.16. The Morgan fingerprint density at radius 3 is 2.86 bits per heavy atom. The van der Waals surface area contributed by atoms with Crippen LogP contribution >= 0.6 is 0 Å². The molecule has 1 aromatic carbocycles. The molecule has 0 radical (unpaired) electrons. The summed E-state index contributed by atoms with van der Waals surface area (Å²) in [5, 5.41) is 10.2. The highest BCUT2D eigenvalue weighted by atomic mass is 16.5. The van der Waals surface area contributed by atoms with Crippen LogP contribution in [0.4, 0.5) is 5.69 Å². The third kappa shape index (κ3) is 3.21. The first-order valence-electron chi connectivity index (χ1n) is 7.02. The molecule has 1 atom stereocenters. The summed E-state index contributed by atoms with van der Waals surface area (Å²) in [6, 6.07) is 5.66. The number of H-pyrrole nitrogens is 1. The maximum absolute atomic E-state index is 12.3. The van der Waals surface area contributed by atoms with Crippen molar-refractivity contribution in [2.24, 2.45) is 0 Å². The van der Waals surface area contributed by atoms with Crippen LogP contribution in [0.25, 0.3) is 10.9 Å². The van der Waals surface area contributed by atoms with E-state index in [9.17, 15) is 9.59 Å². The van der Waals surface area contributed by atoms with Gasteiger partial charge in [-0.05, 0) is 38.5 Å². The zero-order valence-electron chi connectivity index (χ0n) is 12.4. The fraction of sp³-hybridized carbons (Fsp3) is 0.400. The zero-order chi connectivity index (χ0) is 15.4. The molecule has 0 aliphatic carbocycles. The van der Waals surface area contributed by atoms with Gasteiger partial charge in [-0.3, -0.25) is 9.89 Å². The van der Waals surface area contributed by atoms with Crippen LogP contribution in [-0.2, 0) is 4.74 Å². The first-order valence-corrected chi connectivity index (χ1v) is 7.02. The number of esters is 1. The molecule has 0 aliphatic heterocycles. The zero-order valence-corrected chi connectivity index (χ0v) is 12.4. The van der Waals surface area contributed by atoms with E-state index >= 15 is 0 Å². The second-order valence-corrected chi connectivity index (χ2v) is 4.84. The molecular formula is C15H19N3O3. The lowest BCUT2D eigenvalue weighted by molar-refractivity contribution is 0.0517. The van der Waals surface area contributed by atoms with Gasteiger partial charge in [-0.25, -0.2) is 4.79 Å². The van der Waals surface area contributed by atoms with Crippen LogP contribution in [0.2, 0.25) is 0 Å². The number of aromatic amines is 1. The van der Waals surface area contributed by atoms with E-state index in [0.717, 1.165) is 12.1 Å². The molecule has 0 saturated carbocycles. The van der Waals surface area contributed by atoms with Gasteiger partial charge < -0.3 is 10.1 Å². The summed E-state index contributed by atoms with van der Waals surface area (Å²) in [6.07, 6.45) is 0.971. The molecule has 2 N–H and O–H groups in total. The van der Waals surface area contributed by atoms with Crippen LogP contribution in [-0.4, -0.2) is 28.8 Å². The van der Waals surface area contributed by atoms with Gasteiger partial charge in [-0.1, -0.05) is 6.92 Å². The molecule has 0 bridgehead atoms. The van der Waals surface area contributed by atoms with Crippen LogP contribution in [0.5, 0.6) is 0 Å². The largest absolute Gasteiger partial charge is 0.461 e. The Morgan fingerprint density at radius 1 is 1.43 bits per heavy atom. The molecule has 112 valence electrons. The Bertz CT molecular complexity index is 709. The number of carbonyl (C=O) groups excluding carboxylic acids is 1. The van der Waals surface area contributed by atoms with E-state index in [1.807, 2.05) is 6.07 Å². The quantitative estimate of drug-likeness (QED) is 0.825. The first-order chi connectivity index (χ1) is 10.1. The SMILES string of the molecule is CCOC(=O)c1n[nH]c2ccc(NC(C)CC)cc2c1=O. The summed E-state index contributed by atoms with van der Waals surface area (Å²) in [5.41, 5.74) is 0.783. The summed E-state index contributed by atoms with van der Waals surface area (Å²) in [7, 11) is 0. The minimum absolute atomic E-state index is 0.202. The van der Waals surface area contributed by atoms with Crippen molar-refractivity contribution in [3.8, 4) is 0 Å². The average Bonchev–Trinajstić information content (AvgIpc) is 2.48. The lowest BCUT2D eigenvalue weighted by atomic mass is 10.1. The molecule has 1 heterocycles. The molecule has 6 heteroatoms. The van der Waals surface area contributed by atoms with E-state index in [1.54, 1.807) is 19.1 Å². The van der Waals surface area contributed by atoms with Gasteiger partial charge in [0, 0.05) is 11.7 Å². The average molecular weight is 289 g/mol. The third-order valence-electron chi connectivity index (χ3n) is 3.26. The van der Waals surface area contributed by atoms with Crippen molar-refractivity contribution in [2.45, 2.75) is 33.2 Å². The minimum Gasteiger partial charge on any atom is -0.461 e. The van der Waals surface area contributed by atoms with E-state index in [1.165, 1.54) is 0 Å². The summed E-state index contributed by atoms with van der Waals surface area (Å²) in [6.45, 7) is 6.02. The fourth-order valence-electron chi connectivity index (χ4n) is 1.94. The summed E-state index contributed by atoms with van der Waals surface area (Å²) in [4.78, 5) is 24.0. The Labute approximate surface area is 122 Å². The Morgan fingerprint density at radius 2 is 2.19 bits per heavy atom. The lowest BCUT2D eigenvalue weighted by Gasteiger charge is -2.13. The molecule has 0 aliphatic rings. The van der Waals surface area contributed by atoms with Crippen molar-refractivity contribution in [3.05, 3.63) is 34.1 Å². The second-order valence-electron chi connectivity index (χ2n) is 4.84. The molecule has 6 nitrogen and oxygen atoms in total. The first kappa shape index (κ1) is 15.0. The Kier molecular flexibility index (Phi) is 4.57. The molecule has 0 amide bonds. The monoisotopic (exact) mass is 289 g/mol. The number of carbonyl (C=O) groups is 1. The Balaban J connectivity index is 2.47. The maximum atomic E-state index is 12.3. The topological polar surface area (TPSA) is 84.1 Å². The van der Waals surface area contributed by atoms with Gasteiger partial charge >= 0.3 is 5.97 Å². The lowest BCUT2D eigenvalue weighted by Crippen LogP contribution is -2.21. The van der Waals surface area contributed by atoms with Crippen LogP contribution < -0.4 is 10.7 Å².